The molecule has 0 radical (unpaired) electrons. The zero-order chi connectivity index (χ0) is 17.5. The Kier molecular flexibility index (Phi) is 3.79. The van der Waals surface area contributed by atoms with E-state index in [9.17, 15) is 18.0 Å². The van der Waals surface area contributed by atoms with Gasteiger partial charge in [0, 0.05) is 17.8 Å². The lowest BCUT2D eigenvalue weighted by Crippen LogP contribution is -2.07. The van der Waals surface area contributed by atoms with E-state index in [2.05, 4.69) is 9.72 Å². The molecule has 0 saturated heterocycles. The molecule has 0 aliphatic heterocycles. The summed E-state index contributed by atoms with van der Waals surface area (Å²) in [6.07, 6.45) is -0.596. The Labute approximate surface area is 135 Å². The van der Waals surface area contributed by atoms with E-state index >= 15 is 0 Å². The number of aromatic nitrogens is 2. The van der Waals surface area contributed by atoms with Crippen molar-refractivity contribution in [1.82, 2.24) is 9.55 Å². The average molecular weight is 334 g/mol. The summed E-state index contributed by atoms with van der Waals surface area (Å²) in [5.74, 6) is -0.468. The molecular formula is C17H13F3N2O2. The molecule has 0 amide bonds. The molecule has 0 aliphatic rings. The Hall–Kier alpha value is -2.83. The summed E-state index contributed by atoms with van der Waals surface area (Å²) >= 11 is 0. The van der Waals surface area contributed by atoms with Crippen LogP contribution in [0.15, 0.2) is 42.9 Å². The molecule has 0 bridgehead atoms. The lowest BCUT2D eigenvalue weighted by Gasteiger charge is -2.10. The zero-order valence-corrected chi connectivity index (χ0v) is 12.9. The van der Waals surface area contributed by atoms with E-state index in [0.29, 0.717) is 16.8 Å². The third kappa shape index (κ3) is 2.73. The van der Waals surface area contributed by atoms with Crippen molar-refractivity contribution in [2.45, 2.75) is 13.1 Å². The molecule has 0 saturated carbocycles. The zero-order valence-electron chi connectivity index (χ0n) is 12.9. The minimum Gasteiger partial charge on any atom is -0.465 e. The largest absolute Gasteiger partial charge is 0.465 e. The number of fused-ring (bicyclic) bond motifs is 1. The Bertz CT molecular complexity index is 929. The number of pyridine rings is 1. The van der Waals surface area contributed by atoms with Crippen LogP contribution in [0.25, 0.3) is 16.6 Å². The summed E-state index contributed by atoms with van der Waals surface area (Å²) in [4.78, 5) is 15.3. The van der Waals surface area contributed by atoms with Gasteiger partial charge in [-0.25, -0.2) is 4.79 Å². The highest BCUT2D eigenvalue weighted by Gasteiger charge is 2.31. The standard InChI is InChI=1S/C17H13F3N2O2/c1-10-9-22(13-6-12(7-21-8-13)17(18,19)20)15-4-3-11(5-14(10)15)16(23)24-2/h3-9H,1-2H3. The number of nitrogens with zero attached hydrogens (tertiary/aromatic N) is 2. The number of ether oxygens (including phenoxy) is 1. The van der Waals surface area contributed by atoms with Crippen molar-refractivity contribution < 1.29 is 22.7 Å². The highest BCUT2D eigenvalue weighted by molar-refractivity contribution is 5.96. The number of carbonyl (C=O) groups is 1. The molecule has 1 aromatic carbocycles. The van der Waals surface area contributed by atoms with Crippen molar-refractivity contribution in [2.24, 2.45) is 0 Å². The van der Waals surface area contributed by atoms with Crippen molar-refractivity contribution in [3.8, 4) is 5.69 Å². The van der Waals surface area contributed by atoms with E-state index in [1.807, 2.05) is 6.92 Å². The summed E-state index contributed by atoms with van der Waals surface area (Å²) in [5.41, 5.74) is 1.38. The summed E-state index contributed by atoms with van der Waals surface area (Å²) in [5, 5.41) is 0.760. The summed E-state index contributed by atoms with van der Waals surface area (Å²) in [6.45, 7) is 1.82. The van der Waals surface area contributed by atoms with E-state index < -0.39 is 17.7 Å². The second-order valence-electron chi connectivity index (χ2n) is 5.34. The fourth-order valence-corrected chi connectivity index (χ4v) is 2.57. The summed E-state index contributed by atoms with van der Waals surface area (Å²) < 4.78 is 45.0. The topological polar surface area (TPSA) is 44.1 Å². The number of hydrogen-bond donors (Lipinski definition) is 0. The lowest BCUT2D eigenvalue weighted by molar-refractivity contribution is -0.137. The van der Waals surface area contributed by atoms with Gasteiger partial charge in [-0.3, -0.25) is 4.98 Å². The number of halogens is 3. The fourth-order valence-electron chi connectivity index (χ4n) is 2.57. The fraction of sp³-hybridized carbons (Fsp3) is 0.176. The highest BCUT2D eigenvalue weighted by atomic mass is 19.4. The molecule has 0 spiro atoms. The van der Waals surface area contributed by atoms with Gasteiger partial charge in [0.2, 0.25) is 0 Å². The third-order valence-electron chi connectivity index (χ3n) is 3.75. The number of esters is 1. The van der Waals surface area contributed by atoms with Crippen LogP contribution in [-0.4, -0.2) is 22.6 Å². The van der Waals surface area contributed by atoms with Crippen LogP contribution in [0, 0.1) is 6.92 Å². The second kappa shape index (κ2) is 5.67. The van der Waals surface area contributed by atoms with Crippen molar-refractivity contribution in [3.63, 3.8) is 0 Å². The van der Waals surface area contributed by atoms with Gasteiger partial charge in [-0.05, 0) is 36.8 Å². The van der Waals surface area contributed by atoms with Crippen LogP contribution >= 0.6 is 0 Å². The normalized spacial score (nSPS) is 11.7. The molecule has 0 fully saturated rings. The number of alkyl halides is 3. The summed E-state index contributed by atoms with van der Waals surface area (Å²) in [6, 6.07) is 5.95. The number of carbonyl (C=O) groups excluding carboxylic acids is 1. The maximum atomic E-state index is 12.9. The Morgan fingerprint density at radius 2 is 1.96 bits per heavy atom. The van der Waals surface area contributed by atoms with Crippen LogP contribution in [0.5, 0.6) is 0 Å². The first kappa shape index (κ1) is 16.0. The maximum absolute atomic E-state index is 12.9. The SMILES string of the molecule is COC(=O)c1ccc2c(c1)c(C)cn2-c1cncc(C(F)(F)F)c1. The van der Waals surface area contributed by atoms with E-state index in [1.165, 1.54) is 13.3 Å². The van der Waals surface area contributed by atoms with Crippen molar-refractivity contribution in [2.75, 3.05) is 7.11 Å². The molecule has 7 heteroatoms. The number of benzene rings is 1. The number of aryl methyl sites for hydroxylation is 1. The van der Waals surface area contributed by atoms with Gasteiger partial charge in [0.15, 0.2) is 0 Å². The molecule has 24 heavy (non-hydrogen) atoms. The van der Waals surface area contributed by atoms with Gasteiger partial charge in [-0.2, -0.15) is 13.2 Å². The first-order valence-electron chi connectivity index (χ1n) is 7.04. The van der Waals surface area contributed by atoms with Gasteiger partial charge in [0.25, 0.3) is 0 Å². The Morgan fingerprint density at radius 1 is 1.21 bits per heavy atom. The van der Waals surface area contributed by atoms with E-state index in [-0.39, 0.29) is 0 Å². The predicted octanol–water partition coefficient (Wildman–Crippen LogP) is 4.14. The number of rotatable bonds is 2. The average Bonchev–Trinajstić information content (AvgIpc) is 2.90. The van der Waals surface area contributed by atoms with Crippen molar-refractivity contribution in [3.05, 3.63) is 59.5 Å². The molecule has 4 nitrogen and oxygen atoms in total. The van der Waals surface area contributed by atoms with E-state index in [1.54, 1.807) is 29.0 Å². The van der Waals surface area contributed by atoms with Gasteiger partial charge in [-0.1, -0.05) is 0 Å². The van der Waals surface area contributed by atoms with Gasteiger partial charge in [0.05, 0.1) is 35.6 Å². The van der Waals surface area contributed by atoms with Crippen LogP contribution in [-0.2, 0) is 10.9 Å². The lowest BCUT2D eigenvalue weighted by atomic mass is 10.1. The molecule has 0 N–H and O–H groups in total. The van der Waals surface area contributed by atoms with Crippen LogP contribution in [0.2, 0.25) is 0 Å². The molecule has 124 valence electrons. The van der Waals surface area contributed by atoms with Crippen LogP contribution < -0.4 is 0 Å². The van der Waals surface area contributed by atoms with Gasteiger partial charge in [0.1, 0.15) is 0 Å². The van der Waals surface area contributed by atoms with E-state index in [4.69, 9.17) is 0 Å². The van der Waals surface area contributed by atoms with Crippen molar-refractivity contribution in [1.29, 1.82) is 0 Å². The molecule has 0 unspecified atom stereocenters. The first-order valence-corrected chi connectivity index (χ1v) is 7.04. The highest BCUT2D eigenvalue weighted by Crippen LogP contribution is 2.31. The maximum Gasteiger partial charge on any atom is 0.417 e. The monoisotopic (exact) mass is 334 g/mol. The van der Waals surface area contributed by atoms with Crippen molar-refractivity contribution >= 4 is 16.9 Å². The summed E-state index contributed by atoms with van der Waals surface area (Å²) in [7, 11) is 1.29. The number of methoxy groups -OCH3 is 1. The Balaban J connectivity index is 2.16. The Morgan fingerprint density at radius 3 is 2.62 bits per heavy atom. The van der Waals surface area contributed by atoms with E-state index in [0.717, 1.165) is 23.2 Å². The van der Waals surface area contributed by atoms with Crippen LogP contribution in [0.4, 0.5) is 13.2 Å². The molecule has 2 heterocycles. The molecule has 2 aromatic heterocycles. The van der Waals surface area contributed by atoms with Gasteiger partial charge >= 0.3 is 12.1 Å². The molecule has 0 atom stereocenters. The quantitative estimate of drug-likeness (QED) is 0.662. The van der Waals surface area contributed by atoms with Gasteiger partial charge < -0.3 is 9.30 Å². The minimum atomic E-state index is -4.46. The molecule has 3 aromatic rings. The first-order chi connectivity index (χ1) is 11.3. The van der Waals surface area contributed by atoms with Crippen LogP contribution in [0.3, 0.4) is 0 Å². The van der Waals surface area contributed by atoms with Gasteiger partial charge in [-0.15, -0.1) is 0 Å². The molecule has 3 rings (SSSR count). The minimum absolute atomic E-state index is 0.300. The smallest absolute Gasteiger partial charge is 0.417 e. The third-order valence-corrected chi connectivity index (χ3v) is 3.75. The second-order valence-corrected chi connectivity index (χ2v) is 5.34. The van der Waals surface area contributed by atoms with Crippen LogP contribution in [0.1, 0.15) is 21.5 Å². The molecular weight excluding hydrogens is 321 g/mol. The predicted molar refractivity (Wildman–Crippen MR) is 82.1 cm³/mol. The number of hydrogen-bond acceptors (Lipinski definition) is 3. The molecule has 0 aliphatic carbocycles.